The average molecular weight is 319 g/mol. The number of carbonyl (C=O) groups is 2. The summed E-state index contributed by atoms with van der Waals surface area (Å²) in [6, 6.07) is 7.55. The Hall–Kier alpha value is -1.75. The van der Waals surface area contributed by atoms with E-state index in [1.54, 1.807) is 0 Å². The van der Waals surface area contributed by atoms with E-state index < -0.39 is 5.25 Å². The lowest BCUT2D eigenvalue weighted by Gasteiger charge is -2.19. The van der Waals surface area contributed by atoms with Gasteiger partial charge in [-0.05, 0) is 23.1 Å². The normalized spacial score (nSPS) is 17.8. The molecule has 0 aliphatic carbocycles. The number of esters is 1. The summed E-state index contributed by atoms with van der Waals surface area (Å²) in [4.78, 5) is 24.0. The Labute approximate surface area is 135 Å². The van der Waals surface area contributed by atoms with Crippen molar-refractivity contribution >= 4 is 23.6 Å². The van der Waals surface area contributed by atoms with E-state index in [1.165, 1.54) is 24.4 Å². The number of carbonyl (C=O) groups excluding carboxylic acids is 2. The molecule has 2 rings (SSSR count). The SMILES string of the molecule is COC(=O)C1SCC=C1NC(=O)c1ccc(C(C)(C)C)cc1. The number of amides is 1. The Morgan fingerprint density at radius 3 is 2.41 bits per heavy atom. The molecule has 1 unspecified atom stereocenters. The van der Waals surface area contributed by atoms with Crippen LogP contribution in [-0.4, -0.2) is 30.0 Å². The van der Waals surface area contributed by atoms with Crippen LogP contribution < -0.4 is 5.32 Å². The number of benzene rings is 1. The largest absolute Gasteiger partial charge is 0.468 e. The summed E-state index contributed by atoms with van der Waals surface area (Å²) in [7, 11) is 1.35. The molecule has 1 N–H and O–H groups in total. The number of hydrogen-bond donors (Lipinski definition) is 1. The maximum Gasteiger partial charge on any atom is 0.324 e. The van der Waals surface area contributed by atoms with Crippen molar-refractivity contribution in [3.05, 3.63) is 47.2 Å². The molecule has 1 aliphatic rings. The summed E-state index contributed by atoms with van der Waals surface area (Å²) < 4.78 is 4.75. The second kappa shape index (κ2) is 6.57. The van der Waals surface area contributed by atoms with E-state index in [-0.39, 0.29) is 17.3 Å². The maximum absolute atomic E-state index is 12.3. The van der Waals surface area contributed by atoms with Gasteiger partial charge in [0.2, 0.25) is 0 Å². The predicted octanol–water partition coefficient (Wildman–Crippen LogP) is 2.89. The summed E-state index contributed by atoms with van der Waals surface area (Å²) in [6.45, 7) is 6.39. The fourth-order valence-electron chi connectivity index (χ4n) is 2.17. The van der Waals surface area contributed by atoms with Crippen molar-refractivity contribution in [2.45, 2.75) is 31.4 Å². The van der Waals surface area contributed by atoms with Crippen LogP contribution in [0.3, 0.4) is 0 Å². The van der Waals surface area contributed by atoms with Crippen molar-refractivity contribution in [2.24, 2.45) is 0 Å². The zero-order chi connectivity index (χ0) is 16.3. The number of rotatable bonds is 3. The summed E-state index contributed by atoms with van der Waals surface area (Å²) in [5.74, 6) is 0.151. The molecule has 5 heteroatoms. The van der Waals surface area contributed by atoms with Gasteiger partial charge in [-0.1, -0.05) is 39.0 Å². The number of hydrogen-bond acceptors (Lipinski definition) is 4. The Morgan fingerprint density at radius 1 is 1.23 bits per heavy atom. The fourth-order valence-corrected chi connectivity index (χ4v) is 3.21. The number of ether oxygens (including phenoxy) is 1. The zero-order valence-electron chi connectivity index (χ0n) is 13.3. The molecule has 1 aromatic rings. The minimum absolute atomic E-state index is 0.0512. The lowest BCUT2D eigenvalue weighted by atomic mass is 9.87. The molecule has 1 atom stereocenters. The van der Waals surface area contributed by atoms with Crippen LogP contribution in [0.2, 0.25) is 0 Å². The highest BCUT2D eigenvalue weighted by Crippen LogP contribution is 2.27. The number of nitrogens with one attached hydrogen (secondary N) is 1. The van der Waals surface area contributed by atoms with Crippen LogP contribution >= 0.6 is 11.8 Å². The van der Waals surface area contributed by atoms with E-state index in [0.29, 0.717) is 17.0 Å². The van der Waals surface area contributed by atoms with Gasteiger partial charge in [0.25, 0.3) is 5.91 Å². The van der Waals surface area contributed by atoms with Crippen LogP contribution in [-0.2, 0) is 14.9 Å². The minimum atomic E-state index is -0.442. The van der Waals surface area contributed by atoms with Gasteiger partial charge in [0, 0.05) is 17.0 Å². The van der Waals surface area contributed by atoms with Crippen molar-refractivity contribution in [2.75, 3.05) is 12.9 Å². The van der Waals surface area contributed by atoms with E-state index in [9.17, 15) is 9.59 Å². The van der Waals surface area contributed by atoms with E-state index in [1.807, 2.05) is 30.3 Å². The number of thioether (sulfide) groups is 1. The molecule has 0 saturated heterocycles. The third-order valence-electron chi connectivity index (χ3n) is 3.53. The van der Waals surface area contributed by atoms with E-state index in [0.717, 1.165) is 0 Å². The van der Waals surface area contributed by atoms with Gasteiger partial charge in [0.1, 0.15) is 5.25 Å². The van der Waals surface area contributed by atoms with Gasteiger partial charge in [-0.2, -0.15) is 0 Å². The van der Waals surface area contributed by atoms with Crippen molar-refractivity contribution in [1.29, 1.82) is 0 Å². The second-order valence-electron chi connectivity index (χ2n) is 6.18. The fraction of sp³-hybridized carbons (Fsp3) is 0.412. The van der Waals surface area contributed by atoms with E-state index in [4.69, 9.17) is 4.74 Å². The molecule has 0 saturated carbocycles. The molecule has 1 amide bonds. The van der Waals surface area contributed by atoms with Crippen LogP contribution in [0.25, 0.3) is 0 Å². The van der Waals surface area contributed by atoms with Gasteiger partial charge in [-0.15, -0.1) is 11.8 Å². The molecule has 118 valence electrons. The predicted molar refractivity (Wildman–Crippen MR) is 89.0 cm³/mol. The molecule has 22 heavy (non-hydrogen) atoms. The number of methoxy groups -OCH3 is 1. The lowest BCUT2D eigenvalue weighted by molar-refractivity contribution is -0.139. The molecular formula is C17H21NO3S. The summed E-state index contributed by atoms with van der Waals surface area (Å²) >= 11 is 1.44. The molecule has 0 radical (unpaired) electrons. The zero-order valence-corrected chi connectivity index (χ0v) is 14.1. The molecule has 1 heterocycles. The lowest BCUT2D eigenvalue weighted by Crippen LogP contribution is -2.31. The van der Waals surface area contributed by atoms with Gasteiger partial charge in [-0.3, -0.25) is 9.59 Å². The Morgan fingerprint density at radius 2 is 1.86 bits per heavy atom. The van der Waals surface area contributed by atoms with Crippen molar-refractivity contribution in [3.63, 3.8) is 0 Å². The van der Waals surface area contributed by atoms with Crippen LogP contribution in [0.4, 0.5) is 0 Å². The summed E-state index contributed by atoms with van der Waals surface area (Å²) in [6.07, 6.45) is 1.85. The summed E-state index contributed by atoms with van der Waals surface area (Å²) in [5.41, 5.74) is 2.42. The van der Waals surface area contributed by atoms with E-state index in [2.05, 4.69) is 26.1 Å². The molecule has 0 spiro atoms. The molecule has 0 bridgehead atoms. The highest BCUT2D eigenvalue weighted by molar-refractivity contribution is 8.01. The molecular weight excluding hydrogens is 298 g/mol. The van der Waals surface area contributed by atoms with Crippen molar-refractivity contribution in [1.82, 2.24) is 5.32 Å². The first-order chi connectivity index (χ1) is 10.3. The van der Waals surface area contributed by atoms with Gasteiger partial charge in [0.05, 0.1) is 7.11 Å². The topological polar surface area (TPSA) is 55.4 Å². The Balaban J connectivity index is 2.08. The first kappa shape index (κ1) is 16.6. The Kier molecular flexibility index (Phi) is 4.96. The Bertz CT molecular complexity index is 599. The standard InChI is InChI=1S/C17H21NO3S/c1-17(2,3)12-7-5-11(6-8-12)15(19)18-13-9-10-22-14(13)16(20)21-4/h5-9,14H,10H2,1-4H3,(H,18,19). The maximum atomic E-state index is 12.3. The summed E-state index contributed by atoms with van der Waals surface area (Å²) in [5, 5.41) is 2.38. The molecule has 1 aliphatic heterocycles. The molecule has 1 aromatic carbocycles. The van der Waals surface area contributed by atoms with Gasteiger partial charge >= 0.3 is 5.97 Å². The van der Waals surface area contributed by atoms with Crippen LogP contribution in [0, 0.1) is 0 Å². The van der Waals surface area contributed by atoms with Crippen LogP contribution in [0.5, 0.6) is 0 Å². The van der Waals surface area contributed by atoms with Crippen LogP contribution in [0.1, 0.15) is 36.7 Å². The first-order valence-corrected chi connectivity index (χ1v) is 8.19. The van der Waals surface area contributed by atoms with Gasteiger partial charge < -0.3 is 10.1 Å². The van der Waals surface area contributed by atoms with Crippen LogP contribution in [0.15, 0.2) is 36.0 Å². The highest BCUT2D eigenvalue weighted by atomic mass is 32.2. The third kappa shape index (κ3) is 3.71. The molecule has 0 fully saturated rings. The molecule has 0 aromatic heterocycles. The smallest absolute Gasteiger partial charge is 0.324 e. The first-order valence-electron chi connectivity index (χ1n) is 7.14. The average Bonchev–Trinajstić information content (AvgIpc) is 2.93. The molecule has 4 nitrogen and oxygen atoms in total. The van der Waals surface area contributed by atoms with E-state index >= 15 is 0 Å². The second-order valence-corrected chi connectivity index (χ2v) is 7.32. The monoisotopic (exact) mass is 319 g/mol. The minimum Gasteiger partial charge on any atom is -0.468 e. The van der Waals surface area contributed by atoms with Crippen molar-refractivity contribution < 1.29 is 14.3 Å². The van der Waals surface area contributed by atoms with Gasteiger partial charge in [-0.25, -0.2) is 0 Å². The van der Waals surface area contributed by atoms with Crippen molar-refractivity contribution in [3.8, 4) is 0 Å². The third-order valence-corrected chi connectivity index (χ3v) is 4.67. The van der Waals surface area contributed by atoms with Gasteiger partial charge in [0.15, 0.2) is 0 Å². The quantitative estimate of drug-likeness (QED) is 0.871. The highest BCUT2D eigenvalue weighted by Gasteiger charge is 2.29.